The minimum Gasteiger partial charge on any atom is -0.497 e. The van der Waals surface area contributed by atoms with Crippen molar-refractivity contribution in [2.75, 3.05) is 13.9 Å². The van der Waals surface area contributed by atoms with Gasteiger partial charge in [-0.3, -0.25) is 4.79 Å². The molecule has 28 heavy (non-hydrogen) atoms. The highest BCUT2D eigenvalue weighted by atomic mass is 16.7. The second kappa shape index (κ2) is 7.26. The highest BCUT2D eigenvalue weighted by molar-refractivity contribution is 5.77. The number of amides is 1. The van der Waals surface area contributed by atoms with Gasteiger partial charge in [-0.1, -0.05) is 6.07 Å². The molecule has 148 valence electrons. The van der Waals surface area contributed by atoms with Crippen molar-refractivity contribution >= 4 is 5.91 Å². The van der Waals surface area contributed by atoms with Gasteiger partial charge in [0.2, 0.25) is 12.7 Å². The van der Waals surface area contributed by atoms with Gasteiger partial charge in [0, 0.05) is 18.4 Å². The van der Waals surface area contributed by atoms with Gasteiger partial charge in [-0.2, -0.15) is 0 Å². The summed E-state index contributed by atoms with van der Waals surface area (Å²) in [6.07, 6.45) is 1.74. The minimum absolute atomic E-state index is 0.00846. The van der Waals surface area contributed by atoms with Crippen LogP contribution < -0.4 is 24.3 Å². The molecule has 4 rings (SSSR count). The van der Waals surface area contributed by atoms with Gasteiger partial charge in [0.1, 0.15) is 17.1 Å². The average molecular weight is 383 g/mol. The van der Waals surface area contributed by atoms with E-state index < -0.39 is 0 Å². The molecule has 2 heterocycles. The van der Waals surface area contributed by atoms with E-state index in [1.807, 2.05) is 50.2 Å². The molecule has 1 N–H and O–H groups in total. The molecule has 2 aromatic rings. The fourth-order valence-electron chi connectivity index (χ4n) is 3.71. The molecule has 0 bridgehead atoms. The summed E-state index contributed by atoms with van der Waals surface area (Å²) in [5, 5.41) is 3.17. The van der Waals surface area contributed by atoms with Crippen LogP contribution in [0.3, 0.4) is 0 Å². The van der Waals surface area contributed by atoms with Gasteiger partial charge >= 0.3 is 0 Å². The van der Waals surface area contributed by atoms with Crippen LogP contribution in [0.15, 0.2) is 36.4 Å². The lowest BCUT2D eigenvalue weighted by atomic mass is 9.89. The number of carbonyl (C=O) groups excluding carboxylic acids is 1. The normalized spacial score (nSPS) is 18.8. The van der Waals surface area contributed by atoms with E-state index in [1.165, 1.54) is 0 Å². The monoisotopic (exact) mass is 383 g/mol. The lowest BCUT2D eigenvalue weighted by Gasteiger charge is -2.38. The van der Waals surface area contributed by atoms with Gasteiger partial charge in [-0.15, -0.1) is 0 Å². The fraction of sp³-hybridized carbons (Fsp3) is 0.409. The summed E-state index contributed by atoms with van der Waals surface area (Å²) >= 11 is 0. The van der Waals surface area contributed by atoms with Crippen LogP contribution in [0.2, 0.25) is 0 Å². The molecule has 2 aromatic carbocycles. The summed E-state index contributed by atoms with van der Waals surface area (Å²) in [5.74, 6) is 3.04. The Balaban J connectivity index is 1.44. The number of ether oxygens (including phenoxy) is 4. The van der Waals surface area contributed by atoms with Crippen LogP contribution in [-0.2, 0) is 11.2 Å². The first-order valence-corrected chi connectivity index (χ1v) is 9.48. The molecule has 1 unspecified atom stereocenters. The molecule has 0 radical (unpaired) electrons. The van der Waals surface area contributed by atoms with Gasteiger partial charge < -0.3 is 24.3 Å². The number of hydrogen-bond acceptors (Lipinski definition) is 5. The Labute approximate surface area is 164 Å². The number of hydrogen-bond donors (Lipinski definition) is 1. The Morgan fingerprint density at radius 2 is 1.93 bits per heavy atom. The van der Waals surface area contributed by atoms with Gasteiger partial charge in [0.25, 0.3) is 0 Å². The largest absolute Gasteiger partial charge is 0.497 e. The Kier molecular flexibility index (Phi) is 4.79. The van der Waals surface area contributed by atoms with Crippen molar-refractivity contribution in [3.63, 3.8) is 0 Å². The standard InChI is InChI=1S/C22H25NO5/c1-22(2)12-17(16-11-15(25-3)6-8-18(16)28-22)23-21(24)9-5-14-4-7-19-20(10-14)27-13-26-19/h4,6-8,10-11,17H,5,9,12-13H2,1-3H3,(H,23,24). The number of fused-ring (bicyclic) bond motifs is 2. The molecular weight excluding hydrogens is 358 g/mol. The maximum absolute atomic E-state index is 12.7. The Bertz CT molecular complexity index is 892. The number of carbonyl (C=O) groups is 1. The summed E-state index contributed by atoms with van der Waals surface area (Å²) in [4.78, 5) is 12.7. The molecule has 6 heteroatoms. The topological polar surface area (TPSA) is 66.0 Å². The molecule has 0 aromatic heterocycles. The molecule has 0 fully saturated rings. The van der Waals surface area contributed by atoms with E-state index in [9.17, 15) is 4.79 Å². The van der Waals surface area contributed by atoms with E-state index in [1.54, 1.807) is 7.11 Å². The molecule has 0 saturated carbocycles. The van der Waals surface area contributed by atoms with Crippen molar-refractivity contribution in [3.8, 4) is 23.0 Å². The Morgan fingerprint density at radius 1 is 1.14 bits per heavy atom. The first-order valence-electron chi connectivity index (χ1n) is 9.48. The predicted molar refractivity (Wildman–Crippen MR) is 104 cm³/mol. The van der Waals surface area contributed by atoms with Crippen LogP contribution in [0.5, 0.6) is 23.0 Å². The lowest BCUT2D eigenvalue weighted by molar-refractivity contribution is -0.122. The number of methoxy groups -OCH3 is 1. The molecule has 2 aliphatic heterocycles. The average Bonchev–Trinajstić information content (AvgIpc) is 3.13. The smallest absolute Gasteiger partial charge is 0.231 e. The number of aryl methyl sites for hydroxylation is 1. The first kappa shape index (κ1) is 18.5. The third kappa shape index (κ3) is 3.86. The molecule has 1 atom stereocenters. The zero-order chi connectivity index (χ0) is 19.7. The summed E-state index contributed by atoms with van der Waals surface area (Å²) < 4.78 is 22.1. The third-order valence-electron chi connectivity index (χ3n) is 5.09. The molecule has 0 aliphatic carbocycles. The highest BCUT2D eigenvalue weighted by Crippen LogP contribution is 2.41. The van der Waals surface area contributed by atoms with Crippen molar-refractivity contribution in [1.29, 1.82) is 0 Å². The number of nitrogens with one attached hydrogen (secondary N) is 1. The van der Waals surface area contributed by atoms with Gasteiger partial charge in [-0.25, -0.2) is 0 Å². The van der Waals surface area contributed by atoms with Gasteiger partial charge in [-0.05, 0) is 56.2 Å². The second-order valence-corrected chi connectivity index (χ2v) is 7.78. The molecule has 1 amide bonds. The summed E-state index contributed by atoms with van der Waals surface area (Å²) in [7, 11) is 1.63. The maximum Gasteiger partial charge on any atom is 0.231 e. The molecule has 2 aliphatic rings. The van der Waals surface area contributed by atoms with Gasteiger partial charge in [0.15, 0.2) is 11.5 Å². The van der Waals surface area contributed by atoms with Crippen molar-refractivity contribution in [2.45, 2.75) is 44.8 Å². The van der Waals surface area contributed by atoms with Crippen LogP contribution in [0.25, 0.3) is 0 Å². The van der Waals surface area contributed by atoms with Crippen LogP contribution in [0.4, 0.5) is 0 Å². The molecule has 0 saturated heterocycles. The van der Waals surface area contributed by atoms with E-state index >= 15 is 0 Å². The number of rotatable bonds is 5. The minimum atomic E-state index is -0.350. The molecular formula is C22H25NO5. The van der Waals surface area contributed by atoms with E-state index in [0.717, 1.165) is 34.1 Å². The Morgan fingerprint density at radius 3 is 2.75 bits per heavy atom. The fourth-order valence-corrected chi connectivity index (χ4v) is 3.71. The van der Waals surface area contributed by atoms with E-state index in [2.05, 4.69) is 5.32 Å². The lowest BCUT2D eigenvalue weighted by Crippen LogP contribution is -2.41. The summed E-state index contributed by atoms with van der Waals surface area (Å²) in [6.45, 7) is 4.32. The van der Waals surface area contributed by atoms with E-state index in [0.29, 0.717) is 19.3 Å². The quantitative estimate of drug-likeness (QED) is 0.851. The predicted octanol–water partition coefficient (Wildman–Crippen LogP) is 3.78. The van der Waals surface area contributed by atoms with Crippen LogP contribution in [0, 0.1) is 0 Å². The molecule has 6 nitrogen and oxygen atoms in total. The van der Waals surface area contributed by atoms with Crippen LogP contribution in [0.1, 0.15) is 43.9 Å². The van der Waals surface area contributed by atoms with Crippen molar-refractivity contribution < 1.29 is 23.7 Å². The molecule has 0 spiro atoms. The summed E-state index contributed by atoms with van der Waals surface area (Å²) in [6, 6.07) is 11.4. The zero-order valence-electron chi connectivity index (χ0n) is 16.4. The van der Waals surface area contributed by atoms with Crippen LogP contribution in [-0.4, -0.2) is 25.4 Å². The maximum atomic E-state index is 12.7. The Hall–Kier alpha value is -2.89. The van der Waals surface area contributed by atoms with E-state index in [4.69, 9.17) is 18.9 Å². The van der Waals surface area contributed by atoms with Crippen molar-refractivity contribution in [1.82, 2.24) is 5.32 Å². The number of benzene rings is 2. The zero-order valence-corrected chi connectivity index (χ0v) is 16.4. The van der Waals surface area contributed by atoms with Crippen LogP contribution >= 0.6 is 0 Å². The van der Waals surface area contributed by atoms with E-state index in [-0.39, 0.29) is 24.3 Å². The first-order chi connectivity index (χ1) is 13.4. The SMILES string of the molecule is COc1ccc2c(c1)C(NC(=O)CCc1ccc3c(c1)OCO3)CC(C)(C)O2. The van der Waals surface area contributed by atoms with Crippen molar-refractivity contribution in [2.24, 2.45) is 0 Å². The van der Waals surface area contributed by atoms with Gasteiger partial charge in [0.05, 0.1) is 13.2 Å². The second-order valence-electron chi connectivity index (χ2n) is 7.78. The third-order valence-corrected chi connectivity index (χ3v) is 5.09. The highest BCUT2D eigenvalue weighted by Gasteiger charge is 2.34. The van der Waals surface area contributed by atoms with Crippen molar-refractivity contribution in [3.05, 3.63) is 47.5 Å². The summed E-state index contributed by atoms with van der Waals surface area (Å²) in [5.41, 5.74) is 1.65.